The minimum absolute atomic E-state index is 0.136. The normalized spacial score (nSPS) is 12.2. The van der Waals surface area contributed by atoms with E-state index in [4.69, 9.17) is 40.2 Å². The van der Waals surface area contributed by atoms with E-state index in [2.05, 4.69) is 4.99 Å². The molecule has 2 aromatic carbocycles. The van der Waals surface area contributed by atoms with Gasteiger partial charge in [0.2, 0.25) is 5.88 Å². The summed E-state index contributed by atoms with van der Waals surface area (Å²) in [6, 6.07) is 13.7. The highest BCUT2D eigenvalue weighted by Gasteiger charge is 2.27. The van der Waals surface area contributed by atoms with Crippen molar-refractivity contribution in [1.29, 1.82) is 0 Å². The molecule has 0 aliphatic rings. The molecular formula is C21H18Cl2N2O3S2. The summed E-state index contributed by atoms with van der Waals surface area (Å²) in [5.74, 6) is -0.596. The number of carbonyl (C=O) groups is 1. The fraction of sp³-hybridized carbons (Fsp3) is 0.190. The van der Waals surface area contributed by atoms with Crippen LogP contribution in [0.3, 0.4) is 0 Å². The van der Waals surface area contributed by atoms with Crippen LogP contribution in [0, 0.1) is 3.95 Å². The highest BCUT2D eigenvalue weighted by Crippen LogP contribution is 2.32. The molecule has 5 nitrogen and oxygen atoms in total. The third kappa shape index (κ3) is 5.29. The highest BCUT2D eigenvalue weighted by atomic mass is 35.5. The van der Waals surface area contributed by atoms with Gasteiger partial charge in [-0.2, -0.15) is 0 Å². The van der Waals surface area contributed by atoms with Gasteiger partial charge in [-0.05, 0) is 42.9 Å². The molecule has 3 aromatic rings. The van der Waals surface area contributed by atoms with Gasteiger partial charge in [-0.1, -0.05) is 64.9 Å². The number of aromatic nitrogens is 1. The number of nitrogens with zero attached hydrogens (tertiary/aromatic N) is 2. The van der Waals surface area contributed by atoms with Gasteiger partial charge in [-0.15, -0.1) is 0 Å². The summed E-state index contributed by atoms with van der Waals surface area (Å²) < 4.78 is 6.99. The third-order valence-corrected chi connectivity index (χ3v) is 6.28. The molecular weight excluding hydrogens is 463 g/mol. The van der Waals surface area contributed by atoms with E-state index in [9.17, 15) is 9.90 Å². The van der Waals surface area contributed by atoms with E-state index in [-0.39, 0.29) is 12.5 Å². The number of rotatable bonds is 7. The predicted molar refractivity (Wildman–Crippen MR) is 124 cm³/mol. The van der Waals surface area contributed by atoms with Crippen LogP contribution in [-0.2, 0) is 16.0 Å². The number of aromatic hydroxyl groups is 1. The second kappa shape index (κ2) is 10.2. The first kappa shape index (κ1) is 22.5. The smallest absolute Gasteiger partial charge is 0.329 e. The Bertz CT molecular complexity index is 1130. The summed E-state index contributed by atoms with van der Waals surface area (Å²) in [6.07, 6.45) is 1.82. The zero-order valence-corrected chi connectivity index (χ0v) is 19.1. The van der Waals surface area contributed by atoms with Crippen molar-refractivity contribution in [3.05, 3.63) is 73.0 Å². The summed E-state index contributed by atoms with van der Waals surface area (Å²) in [4.78, 5) is 17.4. The van der Waals surface area contributed by atoms with Crippen LogP contribution >= 0.6 is 46.8 Å². The Labute approximate surface area is 193 Å². The maximum atomic E-state index is 12.7. The summed E-state index contributed by atoms with van der Waals surface area (Å²) in [6.45, 7) is 1.97. The molecule has 30 heavy (non-hydrogen) atoms. The molecule has 9 heteroatoms. The Kier molecular flexibility index (Phi) is 7.66. The first-order valence-corrected chi connectivity index (χ1v) is 11.0. The highest BCUT2D eigenvalue weighted by molar-refractivity contribution is 7.73. The summed E-state index contributed by atoms with van der Waals surface area (Å²) in [7, 11) is 0. The maximum absolute atomic E-state index is 12.7. The SMILES string of the molecule is CCOC(=O)C(Cc1ccccc1)n1c(O)c(C=Nc2ccc(Cl)c(Cl)c2)sc1=S. The molecule has 0 radical (unpaired) electrons. The van der Waals surface area contributed by atoms with Crippen molar-refractivity contribution in [2.75, 3.05) is 6.61 Å². The molecule has 1 atom stereocenters. The molecule has 0 aliphatic carbocycles. The Morgan fingerprint density at radius 3 is 2.67 bits per heavy atom. The van der Waals surface area contributed by atoms with Gasteiger partial charge >= 0.3 is 5.97 Å². The molecule has 0 spiro atoms. The zero-order chi connectivity index (χ0) is 21.7. The van der Waals surface area contributed by atoms with Crippen LogP contribution in [0.25, 0.3) is 0 Å². The Morgan fingerprint density at radius 2 is 2.00 bits per heavy atom. The van der Waals surface area contributed by atoms with Crippen LogP contribution in [0.2, 0.25) is 10.0 Å². The number of esters is 1. The number of benzene rings is 2. The molecule has 0 amide bonds. The summed E-state index contributed by atoms with van der Waals surface area (Å²) in [5.41, 5.74) is 1.50. The van der Waals surface area contributed by atoms with Crippen LogP contribution in [0.15, 0.2) is 53.5 Å². The summed E-state index contributed by atoms with van der Waals surface area (Å²) in [5, 5.41) is 11.6. The molecule has 0 bridgehead atoms. The van der Waals surface area contributed by atoms with E-state index < -0.39 is 12.0 Å². The molecule has 0 aliphatic heterocycles. The van der Waals surface area contributed by atoms with E-state index in [1.165, 1.54) is 10.8 Å². The minimum atomic E-state index is -0.789. The van der Waals surface area contributed by atoms with Gasteiger partial charge in [0.25, 0.3) is 0 Å². The topological polar surface area (TPSA) is 63.8 Å². The van der Waals surface area contributed by atoms with Gasteiger partial charge in [-0.25, -0.2) is 4.79 Å². The fourth-order valence-corrected chi connectivity index (χ4v) is 4.38. The van der Waals surface area contributed by atoms with Crippen molar-refractivity contribution in [2.24, 2.45) is 4.99 Å². The van der Waals surface area contributed by atoms with E-state index in [0.29, 0.717) is 31.0 Å². The van der Waals surface area contributed by atoms with E-state index in [1.54, 1.807) is 25.1 Å². The molecule has 1 aromatic heterocycles. The van der Waals surface area contributed by atoms with E-state index >= 15 is 0 Å². The quantitative estimate of drug-likeness (QED) is 0.241. The van der Waals surface area contributed by atoms with Crippen LogP contribution in [0.4, 0.5) is 5.69 Å². The van der Waals surface area contributed by atoms with Crippen molar-refractivity contribution in [3.63, 3.8) is 0 Å². The van der Waals surface area contributed by atoms with Crippen LogP contribution in [0.1, 0.15) is 23.4 Å². The number of hydrogen-bond acceptors (Lipinski definition) is 6. The number of halogens is 2. The fourth-order valence-electron chi connectivity index (χ4n) is 2.81. The Balaban J connectivity index is 1.95. The molecule has 1 heterocycles. The van der Waals surface area contributed by atoms with Gasteiger partial charge in [0.1, 0.15) is 10.9 Å². The first-order chi connectivity index (χ1) is 14.4. The lowest BCUT2D eigenvalue weighted by atomic mass is 10.1. The minimum Gasteiger partial charge on any atom is -0.493 e. The van der Waals surface area contributed by atoms with Crippen LogP contribution in [-0.4, -0.2) is 28.5 Å². The number of hydrogen-bond donors (Lipinski definition) is 1. The van der Waals surface area contributed by atoms with E-state index in [1.807, 2.05) is 30.3 Å². The molecule has 0 fully saturated rings. The molecule has 0 saturated heterocycles. The zero-order valence-electron chi connectivity index (χ0n) is 15.9. The second-order valence-electron chi connectivity index (χ2n) is 6.24. The number of thiazole rings is 1. The van der Waals surface area contributed by atoms with Crippen LogP contribution in [0.5, 0.6) is 5.88 Å². The van der Waals surface area contributed by atoms with Gasteiger partial charge in [0.15, 0.2) is 3.95 Å². The van der Waals surface area contributed by atoms with Crippen molar-refractivity contribution in [1.82, 2.24) is 4.57 Å². The third-order valence-electron chi connectivity index (χ3n) is 4.22. The standard InChI is InChI=1S/C21H18Cl2N2O3S2/c1-2-28-20(27)17(10-13-6-4-3-5-7-13)25-19(26)18(30-21(25)29)12-24-14-8-9-15(22)16(23)11-14/h3-9,11-12,17,26H,2,10H2,1H3. The molecule has 1 N–H and O–H groups in total. The lowest BCUT2D eigenvalue weighted by molar-refractivity contribution is -0.147. The molecule has 3 rings (SSSR count). The average Bonchev–Trinajstić information content (AvgIpc) is 3.01. The number of ether oxygens (including phenoxy) is 1. The lowest BCUT2D eigenvalue weighted by Gasteiger charge is -2.18. The van der Waals surface area contributed by atoms with Crippen molar-refractivity contribution in [3.8, 4) is 5.88 Å². The second-order valence-corrected chi connectivity index (χ2v) is 8.73. The predicted octanol–water partition coefficient (Wildman–Crippen LogP) is 6.39. The van der Waals surface area contributed by atoms with Crippen molar-refractivity contribution < 1.29 is 14.6 Å². The molecule has 0 saturated carbocycles. The van der Waals surface area contributed by atoms with Gasteiger partial charge in [0, 0.05) is 6.42 Å². The number of carbonyl (C=O) groups excluding carboxylic acids is 1. The van der Waals surface area contributed by atoms with Crippen molar-refractivity contribution in [2.45, 2.75) is 19.4 Å². The Hall–Kier alpha value is -2.19. The Morgan fingerprint density at radius 1 is 1.27 bits per heavy atom. The van der Waals surface area contributed by atoms with Gasteiger partial charge < -0.3 is 9.84 Å². The summed E-state index contributed by atoms with van der Waals surface area (Å²) >= 11 is 18.5. The average molecular weight is 481 g/mol. The van der Waals surface area contributed by atoms with Crippen molar-refractivity contribution >= 4 is 64.6 Å². The van der Waals surface area contributed by atoms with E-state index in [0.717, 1.165) is 16.9 Å². The number of aliphatic imine (C=N–C) groups is 1. The first-order valence-electron chi connectivity index (χ1n) is 9.04. The largest absolute Gasteiger partial charge is 0.493 e. The van der Waals surface area contributed by atoms with Gasteiger partial charge in [0.05, 0.1) is 28.6 Å². The molecule has 1 unspecified atom stereocenters. The monoisotopic (exact) mass is 480 g/mol. The lowest BCUT2D eigenvalue weighted by Crippen LogP contribution is -2.24. The van der Waals surface area contributed by atoms with Crippen LogP contribution < -0.4 is 0 Å². The van der Waals surface area contributed by atoms with Gasteiger partial charge in [-0.3, -0.25) is 9.56 Å². The maximum Gasteiger partial charge on any atom is 0.329 e. The molecule has 156 valence electrons.